The Kier molecular flexibility index (Phi) is 42.1. The highest BCUT2D eigenvalue weighted by molar-refractivity contribution is 7.54. The lowest BCUT2D eigenvalue weighted by atomic mass is 9.94. The van der Waals surface area contributed by atoms with Gasteiger partial charge in [-0.3, -0.25) is 19.2 Å². The number of ether oxygens (including phenoxy) is 4. The molecule has 4 aromatic carbocycles. The predicted octanol–water partition coefficient (Wildman–Crippen LogP) is 13.4. The standard InChI is InChI=1S/C16H17NO.C13H13N.C10H14N2O2.C8H15NO3.C8H13NO3.C6H12NO3P.C3H5ClO.C2H6.2CH4.ClH/c18-15-11-17(12-15)16(13-7-3-1-4-8-13)14-9-5-2-6-10-14;14-13(11-7-3-1-4-8-11)12-9-5-2-6-10-12;1-10(2,3)14-9(13)12-6-8(7-12)4-5-11;2*1-8(2,3)12-7(11)9-4-6(10)5-9;1-3-9-11(8,6-5-7)10-4-2;4-1-3-2-5-3;1-2;;;/h1-10,15-16,18H,11-12H2;1-10,13H,14H2;4H,6-7H2,1-3H3;6,10H,4-5H2,1-3H3;4-5H2,1-3H3;3-4,6H2,1-2H3;3H,1-2H2;1-2H3;2*1H4;1H. The average Bonchev–Trinajstić information content (AvgIpc) is 1.72. The van der Waals surface area contributed by atoms with E-state index in [0.717, 1.165) is 36.4 Å². The molecule has 5 saturated heterocycles. The number of nitrogens with zero attached hydrogens (tertiary/aromatic N) is 6. The van der Waals surface area contributed by atoms with Crippen LogP contribution in [0.15, 0.2) is 133 Å². The van der Waals surface area contributed by atoms with Crippen molar-refractivity contribution in [1.29, 1.82) is 10.5 Å². The molecule has 5 aliphatic rings. The van der Waals surface area contributed by atoms with Gasteiger partial charge in [-0.25, -0.2) is 14.4 Å². The van der Waals surface area contributed by atoms with E-state index < -0.39 is 30.5 Å². The Balaban J connectivity index is 0. The van der Waals surface area contributed by atoms with E-state index in [4.69, 9.17) is 61.0 Å². The van der Waals surface area contributed by atoms with Gasteiger partial charge in [-0.2, -0.15) is 10.5 Å². The smallest absolute Gasteiger partial charge is 0.411 e. The van der Waals surface area contributed by atoms with Crippen LogP contribution < -0.4 is 5.73 Å². The van der Waals surface area contributed by atoms with Gasteiger partial charge < -0.3 is 53.7 Å². The number of nitrogens with two attached hydrogens (primary N) is 1. The molecule has 4 N–H and O–H groups in total. The third-order valence-corrected chi connectivity index (χ3v) is 14.1. The van der Waals surface area contributed by atoms with Crippen LogP contribution in [-0.2, 0) is 37.4 Å². The van der Waals surface area contributed by atoms with Gasteiger partial charge in [0.15, 0.2) is 5.78 Å². The van der Waals surface area contributed by atoms with Crippen LogP contribution in [0, 0.1) is 22.7 Å². The number of allylic oxidation sites excluding steroid dienone is 1. The first-order chi connectivity index (χ1) is 41.5. The minimum Gasteiger partial charge on any atom is -0.444 e. The van der Waals surface area contributed by atoms with Crippen LogP contribution in [0.25, 0.3) is 0 Å². The number of likely N-dealkylation sites (tertiary alicyclic amines) is 4. The summed E-state index contributed by atoms with van der Waals surface area (Å²) in [5.74, 6) is 0.751. The number of alkyl halides is 1. The summed E-state index contributed by atoms with van der Waals surface area (Å²) in [5, 5.41) is 35.1. The van der Waals surface area contributed by atoms with Gasteiger partial charge in [0, 0.05) is 32.3 Å². The van der Waals surface area contributed by atoms with Crippen molar-refractivity contribution in [1.82, 2.24) is 19.6 Å². The molecule has 1 unspecified atom stereocenters. The van der Waals surface area contributed by atoms with E-state index in [-0.39, 0.29) is 88.8 Å². The highest BCUT2D eigenvalue weighted by atomic mass is 35.5. The summed E-state index contributed by atoms with van der Waals surface area (Å²) >= 11 is 5.27. The summed E-state index contributed by atoms with van der Waals surface area (Å²) in [5.41, 5.74) is 10.6. The molecule has 3 amide bonds. The Morgan fingerprint density at radius 3 is 1.23 bits per heavy atom. The van der Waals surface area contributed by atoms with Crippen molar-refractivity contribution < 1.29 is 62.0 Å². The number of nitriles is 2. The fourth-order valence-electron chi connectivity index (χ4n) is 7.71. The molecule has 0 spiro atoms. The fraction of sp³-hybridized carbons (Fsp3) is 0.529. The number of halogens is 2. The summed E-state index contributed by atoms with van der Waals surface area (Å²) in [7, 11) is -3.08. The van der Waals surface area contributed by atoms with Crippen molar-refractivity contribution in [3.8, 4) is 12.1 Å². The molecule has 23 heteroatoms. The van der Waals surface area contributed by atoms with E-state index in [0.29, 0.717) is 51.4 Å². The molecule has 4 aromatic rings. The van der Waals surface area contributed by atoms with Crippen molar-refractivity contribution in [3.05, 3.63) is 155 Å². The van der Waals surface area contributed by atoms with Crippen molar-refractivity contribution in [2.45, 2.75) is 152 Å². The van der Waals surface area contributed by atoms with Crippen molar-refractivity contribution in [2.75, 3.05) is 84.2 Å². The molecule has 91 heavy (non-hydrogen) atoms. The van der Waals surface area contributed by atoms with Gasteiger partial charge in [0.1, 0.15) is 23.0 Å². The molecule has 9 rings (SSSR count). The molecular formula is C68H104Cl2N7O13P. The molecule has 0 aromatic heterocycles. The van der Waals surface area contributed by atoms with E-state index >= 15 is 0 Å². The lowest BCUT2D eigenvalue weighted by Gasteiger charge is -2.42. The molecular weight excluding hydrogens is 1220 g/mol. The average molecular weight is 1330 g/mol. The molecule has 20 nitrogen and oxygen atoms in total. The van der Waals surface area contributed by atoms with Crippen LogP contribution in [0.3, 0.4) is 0 Å². The third kappa shape index (κ3) is 35.9. The number of epoxide rings is 1. The van der Waals surface area contributed by atoms with Gasteiger partial charge in [0.05, 0.1) is 94.4 Å². The zero-order chi connectivity index (χ0) is 66.1. The number of carbonyl (C=O) groups is 4. The first-order valence-electron chi connectivity index (χ1n) is 29.5. The molecule has 1 atom stereocenters. The first kappa shape index (κ1) is 86.7. The van der Waals surface area contributed by atoms with E-state index in [1.54, 1.807) is 45.6 Å². The number of rotatable bonds is 11. The van der Waals surface area contributed by atoms with Gasteiger partial charge in [0.2, 0.25) is 0 Å². The van der Waals surface area contributed by atoms with E-state index in [9.17, 15) is 28.8 Å². The zero-order valence-electron chi connectivity index (χ0n) is 54.1. The van der Waals surface area contributed by atoms with Gasteiger partial charge in [-0.05, 0) is 104 Å². The number of carbonyl (C=O) groups excluding carboxylic acids is 4. The predicted molar refractivity (Wildman–Crippen MR) is 363 cm³/mol. The second kappa shape index (κ2) is 44.2. The number of β-amino-alcohol motifs (C(OH)–C–C–N with tert-alkyl or cyclic N) is 2. The maximum atomic E-state index is 11.4. The lowest BCUT2D eigenvalue weighted by Crippen LogP contribution is -2.54. The van der Waals surface area contributed by atoms with Crippen LogP contribution in [0.4, 0.5) is 14.4 Å². The Labute approximate surface area is 554 Å². The quantitative estimate of drug-likeness (QED) is 0.0414. The topological polar surface area (TPSA) is 271 Å². The normalized spacial score (nSPS) is 15.4. The number of benzene rings is 4. The number of aliphatic hydroxyl groups excluding tert-OH is 2. The molecule has 0 radical (unpaired) electrons. The van der Waals surface area contributed by atoms with Gasteiger partial charge in [0.25, 0.3) is 0 Å². The number of hydrogen-bond acceptors (Lipinski definition) is 17. The van der Waals surface area contributed by atoms with E-state index in [1.807, 2.05) is 110 Å². The van der Waals surface area contributed by atoms with E-state index in [1.165, 1.54) is 27.0 Å². The number of Topliss-reactive ketones (excluding diaryl/α,β-unsaturated/α-hetero) is 1. The molecule has 5 fully saturated rings. The number of hydrogen-bond donors (Lipinski definition) is 3. The van der Waals surface area contributed by atoms with Crippen LogP contribution in [0.5, 0.6) is 0 Å². The summed E-state index contributed by atoms with van der Waals surface area (Å²) in [6.45, 7) is 29.0. The minimum absolute atomic E-state index is 0. The van der Waals surface area contributed by atoms with Crippen molar-refractivity contribution in [2.24, 2.45) is 5.73 Å². The minimum atomic E-state index is -3.08. The second-order valence-electron chi connectivity index (χ2n) is 23.2. The Morgan fingerprint density at radius 2 is 0.967 bits per heavy atom. The van der Waals surface area contributed by atoms with Crippen LogP contribution in [0.2, 0.25) is 0 Å². The molecule has 0 saturated carbocycles. The number of aliphatic hydroxyl groups is 2. The molecule has 0 bridgehead atoms. The summed E-state index contributed by atoms with van der Waals surface area (Å²) in [4.78, 5) is 51.0. The Bertz CT molecular complexity index is 2730. The first-order valence-corrected chi connectivity index (χ1v) is 31.8. The van der Waals surface area contributed by atoms with Gasteiger partial charge >= 0.3 is 25.9 Å². The number of ketones is 1. The van der Waals surface area contributed by atoms with Crippen molar-refractivity contribution >= 4 is 55.7 Å². The Morgan fingerprint density at radius 1 is 0.637 bits per heavy atom. The fourth-order valence-corrected chi connectivity index (χ4v) is 9.11. The van der Waals surface area contributed by atoms with Crippen LogP contribution in [0.1, 0.15) is 139 Å². The highest BCUT2D eigenvalue weighted by Crippen LogP contribution is 2.47. The monoisotopic (exact) mass is 1330 g/mol. The maximum absolute atomic E-state index is 11.4. The Hall–Kier alpha value is -6.39. The molecule has 508 valence electrons. The van der Waals surface area contributed by atoms with Gasteiger partial charge in [-0.1, -0.05) is 150 Å². The molecule has 5 heterocycles. The van der Waals surface area contributed by atoms with Crippen LogP contribution in [-0.4, -0.2) is 173 Å². The summed E-state index contributed by atoms with van der Waals surface area (Å²) < 4.78 is 40.9. The zero-order valence-corrected chi connectivity index (χ0v) is 56.5. The van der Waals surface area contributed by atoms with Crippen molar-refractivity contribution in [3.63, 3.8) is 0 Å². The molecule has 0 aliphatic carbocycles. The molecule has 5 aliphatic heterocycles. The van der Waals surface area contributed by atoms with Crippen LogP contribution >= 0.6 is 31.6 Å². The summed E-state index contributed by atoms with van der Waals surface area (Å²) in [6.07, 6.45) is 0.117. The largest absolute Gasteiger partial charge is 0.444 e. The van der Waals surface area contributed by atoms with Gasteiger partial charge in [-0.15, -0.1) is 24.0 Å². The SMILES string of the molecule is C.C.CC.CC(C)(C)OC(=O)N1CC(=CC#N)C1.CC(C)(C)OC(=O)N1CC(=O)C1.CC(C)(C)OC(=O)N1CC(O)C1.CCOP(=O)(CC#N)OCC.Cl.ClCC1CO1.NC(c1ccccc1)c1ccccc1.OC1CN(C(c2ccccc2)c2ccccc2)C1. The maximum Gasteiger partial charge on any atom is 0.411 e. The lowest BCUT2D eigenvalue weighted by molar-refractivity contribution is -0.128. The highest BCUT2D eigenvalue weighted by Gasteiger charge is 2.35. The van der Waals surface area contributed by atoms with E-state index in [2.05, 4.69) is 77.7 Å². The summed E-state index contributed by atoms with van der Waals surface area (Å²) in [6, 6.07) is 45.2. The second-order valence-corrected chi connectivity index (χ2v) is 25.5. The third-order valence-electron chi connectivity index (χ3n) is 11.9. The number of amides is 3.